The van der Waals surface area contributed by atoms with E-state index in [1.807, 2.05) is 41.3 Å². The lowest BCUT2D eigenvalue weighted by atomic mass is 10.1. The van der Waals surface area contributed by atoms with E-state index in [0.29, 0.717) is 17.1 Å². The van der Waals surface area contributed by atoms with Gasteiger partial charge in [-0.1, -0.05) is 30.7 Å². The first-order valence-electron chi connectivity index (χ1n) is 8.80. The monoisotopic (exact) mass is 358 g/mol. The third-order valence-corrected chi connectivity index (χ3v) is 4.61. The van der Waals surface area contributed by atoms with Crippen LogP contribution in [-0.4, -0.2) is 41.6 Å². The van der Waals surface area contributed by atoms with E-state index in [1.165, 1.54) is 0 Å². The molecule has 0 radical (unpaired) electrons. The van der Waals surface area contributed by atoms with Crippen LogP contribution in [0.1, 0.15) is 36.5 Å². The Bertz CT molecular complexity index is 695. The van der Waals surface area contributed by atoms with Gasteiger partial charge in [0.1, 0.15) is 0 Å². The van der Waals surface area contributed by atoms with Crippen molar-refractivity contribution in [1.82, 2.24) is 9.88 Å². The molecular formula is C20H23ClN2O2. The van der Waals surface area contributed by atoms with Crippen LogP contribution >= 0.6 is 11.6 Å². The summed E-state index contributed by atoms with van der Waals surface area (Å²) < 4.78 is 5.69. The summed E-state index contributed by atoms with van der Waals surface area (Å²) in [6.45, 7) is 4.32. The van der Waals surface area contributed by atoms with Crippen LogP contribution in [0.4, 0.5) is 0 Å². The van der Waals surface area contributed by atoms with Crippen LogP contribution < -0.4 is 0 Å². The van der Waals surface area contributed by atoms with Gasteiger partial charge in [0.25, 0.3) is 5.91 Å². The summed E-state index contributed by atoms with van der Waals surface area (Å²) in [6, 6.07) is 11.3. The second-order valence-electron chi connectivity index (χ2n) is 6.33. The molecule has 0 unspecified atom stereocenters. The molecular weight excluding hydrogens is 336 g/mol. The maximum Gasteiger partial charge on any atom is 0.253 e. The second kappa shape index (κ2) is 8.45. The van der Waals surface area contributed by atoms with Crippen molar-refractivity contribution in [2.75, 3.05) is 19.7 Å². The Morgan fingerprint density at radius 2 is 2.08 bits per heavy atom. The molecule has 0 spiro atoms. The quantitative estimate of drug-likeness (QED) is 0.767. The summed E-state index contributed by atoms with van der Waals surface area (Å²) >= 11 is 5.88. The van der Waals surface area contributed by atoms with Gasteiger partial charge < -0.3 is 9.64 Å². The Morgan fingerprint density at radius 1 is 1.28 bits per heavy atom. The van der Waals surface area contributed by atoms with Crippen LogP contribution in [-0.2, 0) is 4.74 Å². The minimum Gasteiger partial charge on any atom is -0.376 e. The van der Waals surface area contributed by atoms with Gasteiger partial charge in [-0.2, -0.15) is 0 Å². The van der Waals surface area contributed by atoms with Gasteiger partial charge in [0, 0.05) is 37.0 Å². The Hall–Kier alpha value is -1.91. The second-order valence-corrected chi connectivity index (χ2v) is 6.76. The molecule has 1 saturated heterocycles. The first-order valence-corrected chi connectivity index (χ1v) is 9.18. The highest BCUT2D eigenvalue weighted by atomic mass is 35.5. The standard InChI is InChI=1S/C20H23ClN2O2/c1-2-11-23(14-18-4-3-12-25-18)20(24)16-7-5-15(6-8-16)19-10-9-17(21)13-22-19/h5-10,13,18H,2-4,11-12,14H2,1H3/t18-/m1/s1. The summed E-state index contributed by atoms with van der Waals surface area (Å²) in [5.41, 5.74) is 2.51. The number of pyridine rings is 1. The Labute approximate surface area is 153 Å². The highest BCUT2D eigenvalue weighted by Gasteiger charge is 2.22. The molecule has 132 valence electrons. The van der Waals surface area contributed by atoms with Crippen molar-refractivity contribution in [2.45, 2.75) is 32.3 Å². The minimum absolute atomic E-state index is 0.0629. The molecule has 0 bridgehead atoms. The van der Waals surface area contributed by atoms with Crippen molar-refractivity contribution < 1.29 is 9.53 Å². The molecule has 0 saturated carbocycles. The third-order valence-electron chi connectivity index (χ3n) is 4.38. The largest absolute Gasteiger partial charge is 0.376 e. The van der Waals surface area contributed by atoms with E-state index < -0.39 is 0 Å². The van der Waals surface area contributed by atoms with Gasteiger partial charge in [-0.25, -0.2) is 0 Å². The average Bonchev–Trinajstić information content (AvgIpc) is 3.15. The van der Waals surface area contributed by atoms with Crippen LogP contribution in [0.5, 0.6) is 0 Å². The molecule has 0 N–H and O–H groups in total. The highest BCUT2D eigenvalue weighted by molar-refractivity contribution is 6.30. The third kappa shape index (κ3) is 4.59. The van der Waals surface area contributed by atoms with Crippen LogP contribution in [0.3, 0.4) is 0 Å². The number of hydrogen-bond donors (Lipinski definition) is 0. The van der Waals surface area contributed by atoms with E-state index >= 15 is 0 Å². The summed E-state index contributed by atoms with van der Waals surface area (Å²) in [5, 5.41) is 0.611. The lowest BCUT2D eigenvalue weighted by molar-refractivity contribution is 0.0526. The smallest absolute Gasteiger partial charge is 0.253 e. The van der Waals surface area contributed by atoms with Gasteiger partial charge in [-0.05, 0) is 43.5 Å². The van der Waals surface area contributed by atoms with Gasteiger partial charge in [-0.15, -0.1) is 0 Å². The molecule has 25 heavy (non-hydrogen) atoms. The van der Waals surface area contributed by atoms with Gasteiger partial charge in [0.2, 0.25) is 0 Å². The molecule has 1 amide bonds. The number of hydrogen-bond acceptors (Lipinski definition) is 3. The number of carbonyl (C=O) groups is 1. The minimum atomic E-state index is 0.0629. The summed E-state index contributed by atoms with van der Waals surface area (Å²) in [6.07, 6.45) is 4.86. The van der Waals surface area contributed by atoms with Gasteiger partial charge in [-0.3, -0.25) is 9.78 Å². The molecule has 5 heteroatoms. The summed E-state index contributed by atoms with van der Waals surface area (Å²) in [5.74, 6) is 0.0629. The first-order chi connectivity index (χ1) is 12.2. The van der Waals surface area contributed by atoms with Crippen LogP contribution in [0, 0.1) is 0 Å². The molecule has 1 fully saturated rings. The number of carbonyl (C=O) groups excluding carboxylic acids is 1. The van der Waals surface area contributed by atoms with Gasteiger partial charge >= 0.3 is 0 Å². The lowest BCUT2D eigenvalue weighted by Crippen LogP contribution is -2.37. The Kier molecular flexibility index (Phi) is 6.05. The molecule has 1 aliphatic rings. The molecule has 4 nitrogen and oxygen atoms in total. The molecule has 0 aliphatic carbocycles. The van der Waals surface area contributed by atoms with Crippen LogP contribution in [0.15, 0.2) is 42.6 Å². The molecule has 1 aromatic carbocycles. The zero-order valence-corrected chi connectivity index (χ0v) is 15.2. The van der Waals surface area contributed by atoms with Crippen molar-refractivity contribution >= 4 is 17.5 Å². The van der Waals surface area contributed by atoms with Gasteiger partial charge in [0.15, 0.2) is 0 Å². The molecule has 1 aromatic heterocycles. The SMILES string of the molecule is CCCN(C[C@H]1CCCO1)C(=O)c1ccc(-c2ccc(Cl)cn2)cc1. The van der Waals surface area contributed by atoms with Crippen molar-refractivity contribution in [3.63, 3.8) is 0 Å². The summed E-state index contributed by atoms with van der Waals surface area (Å²) in [4.78, 5) is 19.1. The van der Waals surface area contributed by atoms with E-state index in [2.05, 4.69) is 11.9 Å². The number of nitrogens with zero attached hydrogens (tertiary/aromatic N) is 2. The van der Waals surface area contributed by atoms with Crippen LogP contribution in [0.25, 0.3) is 11.3 Å². The highest BCUT2D eigenvalue weighted by Crippen LogP contribution is 2.20. The topological polar surface area (TPSA) is 42.4 Å². The summed E-state index contributed by atoms with van der Waals surface area (Å²) in [7, 11) is 0. The van der Waals surface area contributed by atoms with E-state index in [-0.39, 0.29) is 12.0 Å². The van der Waals surface area contributed by atoms with Crippen molar-refractivity contribution in [1.29, 1.82) is 0 Å². The lowest BCUT2D eigenvalue weighted by Gasteiger charge is -2.25. The van der Waals surface area contributed by atoms with E-state index in [9.17, 15) is 4.79 Å². The predicted octanol–water partition coefficient (Wildman–Crippen LogP) is 4.43. The van der Waals surface area contributed by atoms with Crippen molar-refractivity contribution in [3.8, 4) is 11.3 Å². The molecule has 1 atom stereocenters. The fraction of sp³-hybridized carbons (Fsp3) is 0.400. The first kappa shape index (κ1) is 17.9. The normalized spacial score (nSPS) is 16.8. The zero-order chi connectivity index (χ0) is 17.6. The molecule has 2 heterocycles. The number of rotatable bonds is 6. The van der Waals surface area contributed by atoms with Crippen LogP contribution in [0.2, 0.25) is 5.02 Å². The maximum absolute atomic E-state index is 12.9. The van der Waals surface area contributed by atoms with E-state index in [4.69, 9.17) is 16.3 Å². The average molecular weight is 359 g/mol. The Morgan fingerprint density at radius 3 is 2.68 bits per heavy atom. The number of benzene rings is 1. The number of aromatic nitrogens is 1. The zero-order valence-electron chi connectivity index (χ0n) is 14.5. The predicted molar refractivity (Wildman–Crippen MR) is 99.9 cm³/mol. The Balaban J connectivity index is 1.72. The van der Waals surface area contributed by atoms with Gasteiger partial charge in [0.05, 0.1) is 16.8 Å². The molecule has 1 aliphatic heterocycles. The van der Waals surface area contributed by atoms with E-state index in [0.717, 1.165) is 43.7 Å². The fourth-order valence-corrected chi connectivity index (χ4v) is 3.20. The van der Waals surface area contributed by atoms with E-state index in [1.54, 1.807) is 6.20 Å². The van der Waals surface area contributed by atoms with Crippen molar-refractivity contribution in [3.05, 3.63) is 53.2 Å². The molecule has 3 rings (SSSR count). The number of ether oxygens (including phenoxy) is 1. The fourth-order valence-electron chi connectivity index (χ4n) is 3.09. The maximum atomic E-state index is 12.9. The molecule has 2 aromatic rings. The van der Waals surface area contributed by atoms with Crippen molar-refractivity contribution in [2.24, 2.45) is 0 Å². The number of halogens is 1. The number of amides is 1.